The van der Waals surface area contributed by atoms with E-state index in [1.807, 2.05) is 7.05 Å². The lowest BCUT2D eigenvalue weighted by Crippen LogP contribution is -2.30. The van der Waals surface area contributed by atoms with Crippen LogP contribution in [0.4, 0.5) is 5.69 Å². The van der Waals surface area contributed by atoms with Crippen LogP contribution in [0.15, 0.2) is 11.2 Å². The van der Waals surface area contributed by atoms with Crippen molar-refractivity contribution in [2.75, 3.05) is 32.6 Å². The molecule has 1 aromatic rings. The van der Waals surface area contributed by atoms with E-state index in [0.29, 0.717) is 5.71 Å². The molecule has 0 aliphatic carbocycles. The minimum atomic E-state index is -0.0946. The zero-order valence-corrected chi connectivity index (χ0v) is 12.4. The van der Waals surface area contributed by atoms with Crippen LogP contribution in [0.2, 0.25) is 0 Å². The van der Waals surface area contributed by atoms with Crippen LogP contribution < -0.4 is 4.90 Å². The fourth-order valence-electron chi connectivity index (χ4n) is 3.20. The van der Waals surface area contributed by atoms with Gasteiger partial charge in [-0.25, -0.2) is 0 Å². The summed E-state index contributed by atoms with van der Waals surface area (Å²) in [7, 11) is 5.39. The number of carbonyl (C=O) groups is 1. The van der Waals surface area contributed by atoms with Gasteiger partial charge in [0.25, 0.3) is 5.91 Å². The topological polar surface area (TPSA) is 45.1 Å². The number of hydrogen-bond acceptors (Lipinski definition) is 4. The van der Waals surface area contributed by atoms with Gasteiger partial charge in [0.1, 0.15) is 7.11 Å². The Labute approximate surface area is 118 Å². The van der Waals surface area contributed by atoms with Gasteiger partial charge in [0.15, 0.2) is 5.71 Å². The van der Waals surface area contributed by atoms with E-state index >= 15 is 0 Å². The van der Waals surface area contributed by atoms with Gasteiger partial charge < -0.3 is 14.6 Å². The van der Waals surface area contributed by atoms with Gasteiger partial charge in [-0.05, 0) is 43.1 Å². The van der Waals surface area contributed by atoms with E-state index in [1.54, 1.807) is 4.90 Å². The van der Waals surface area contributed by atoms with Crippen molar-refractivity contribution in [3.63, 3.8) is 0 Å². The molecule has 0 saturated carbocycles. The molecule has 106 valence electrons. The fourth-order valence-corrected chi connectivity index (χ4v) is 3.20. The van der Waals surface area contributed by atoms with Gasteiger partial charge in [0.05, 0.1) is 5.69 Å². The molecular formula is C15H19N3O2. The summed E-state index contributed by atoms with van der Waals surface area (Å²) in [5.74, 6) is -0.0946. The van der Waals surface area contributed by atoms with Crippen LogP contribution >= 0.6 is 0 Å². The number of rotatable bonds is 1. The molecule has 2 aliphatic rings. The normalized spacial score (nSPS) is 20.3. The summed E-state index contributed by atoms with van der Waals surface area (Å²) >= 11 is 0. The maximum Gasteiger partial charge on any atom is 0.280 e. The largest absolute Gasteiger partial charge is 0.398 e. The predicted octanol–water partition coefficient (Wildman–Crippen LogP) is 1.31. The Morgan fingerprint density at radius 2 is 2.05 bits per heavy atom. The molecule has 1 aromatic carbocycles. The lowest BCUT2D eigenvalue weighted by Gasteiger charge is -2.29. The van der Waals surface area contributed by atoms with E-state index in [-0.39, 0.29) is 5.91 Å². The number of likely N-dealkylation sites (N-methyl/N-ethyl adjacent to an activating group) is 2. The molecule has 20 heavy (non-hydrogen) atoms. The van der Waals surface area contributed by atoms with Gasteiger partial charge in [-0.15, -0.1) is 0 Å². The number of oxime groups is 1. The number of hydrogen-bond donors (Lipinski definition) is 0. The predicted molar refractivity (Wildman–Crippen MR) is 78.2 cm³/mol. The molecule has 0 spiro atoms. The van der Waals surface area contributed by atoms with Crippen molar-refractivity contribution in [3.05, 3.63) is 28.3 Å². The summed E-state index contributed by atoms with van der Waals surface area (Å²) in [5.41, 5.74) is 6.16. The van der Waals surface area contributed by atoms with Crippen LogP contribution in [0.3, 0.4) is 0 Å². The molecule has 5 nitrogen and oxygen atoms in total. The van der Waals surface area contributed by atoms with Crippen molar-refractivity contribution in [3.8, 4) is 0 Å². The van der Waals surface area contributed by atoms with E-state index in [1.165, 1.54) is 23.8 Å². The maximum absolute atomic E-state index is 12.3. The Morgan fingerprint density at radius 1 is 1.30 bits per heavy atom. The number of anilines is 1. The monoisotopic (exact) mass is 273 g/mol. The molecule has 0 atom stereocenters. The molecule has 0 bridgehead atoms. The van der Waals surface area contributed by atoms with E-state index in [0.717, 1.165) is 30.8 Å². The first-order chi connectivity index (χ1) is 9.54. The SMILES string of the molecule is CO/N=C1\C(=O)N(C)c2c1cc(C)c1c2CN(C)CC1. The zero-order valence-electron chi connectivity index (χ0n) is 12.4. The summed E-state index contributed by atoms with van der Waals surface area (Å²) in [4.78, 5) is 21.2. The molecule has 0 N–H and O–H groups in total. The Bertz CT molecular complexity index is 622. The van der Waals surface area contributed by atoms with Gasteiger partial charge in [-0.1, -0.05) is 5.16 Å². The zero-order chi connectivity index (χ0) is 14.4. The number of amides is 1. The third kappa shape index (κ3) is 1.73. The van der Waals surface area contributed by atoms with Crippen molar-refractivity contribution < 1.29 is 9.63 Å². The minimum Gasteiger partial charge on any atom is -0.398 e. The van der Waals surface area contributed by atoms with Crippen LogP contribution in [0.25, 0.3) is 0 Å². The van der Waals surface area contributed by atoms with Crippen LogP contribution in [0.5, 0.6) is 0 Å². The first-order valence-electron chi connectivity index (χ1n) is 6.78. The van der Waals surface area contributed by atoms with Crippen molar-refractivity contribution in [1.29, 1.82) is 0 Å². The quantitative estimate of drug-likeness (QED) is 0.725. The van der Waals surface area contributed by atoms with Crippen molar-refractivity contribution in [1.82, 2.24) is 4.90 Å². The molecule has 3 rings (SSSR count). The number of benzene rings is 1. The lowest BCUT2D eigenvalue weighted by atomic mass is 9.91. The van der Waals surface area contributed by atoms with Crippen LogP contribution in [-0.4, -0.2) is 44.3 Å². The highest BCUT2D eigenvalue weighted by Gasteiger charge is 2.36. The Morgan fingerprint density at radius 3 is 2.75 bits per heavy atom. The summed E-state index contributed by atoms with van der Waals surface area (Å²) in [6.07, 6.45) is 1.03. The fraction of sp³-hybridized carbons (Fsp3) is 0.467. The highest BCUT2D eigenvalue weighted by atomic mass is 16.6. The van der Waals surface area contributed by atoms with Crippen LogP contribution in [-0.2, 0) is 22.6 Å². The molecule has 0 aromatic heterocycles. The van der Waals surface area contributed by atoms with E-state index in [2.05, 4.69) is 30.1 Å². The summed E-state index contributed by atoms with van der Waals surface area (Å²) < 4.78 is 0. The molecule has 5 heteroatoms. The highest BCUT2D eigenvalue weighted by Crippen LogP contribution is 2.38. The van der Waals surface area contributed by atoms with E-state index in [9.17, 15) is 4.79 Å². The van der Waals surface area contributed by atoms with Crippen molar-refractivity contribution >= 4 is 17.3 Å². The number of fused-ring (bicyclic) bond motifs is 3. The average Bonchev–Trinajstić information content (AvgIpc) is 2.64. The summed E-state index contributed by atoms with van der Waals surface area (Å²) in [6.45, 7) is 4.04. The average molecular weight is 273 g/mol. The number of carbonyl (C=O) groups excluding carboxylic acids is 1. The first-order valence-corrected chi connectivity index (χ1v) is 6.78. The second-order valence-electron chi connectivity index (χ2n) is 5.52. The van der Waals surface area contributed by atoms with Gasteiger partial charge in [-0.2, -0.15) is 0 Å². The molecule has 0 saturated heterocycles. The molecule has 0 radical (unpaired) electrons. The Balaban J connectivity index is 2.26. The van der Waals surface area contributed by atoms with Crippen molar-refractivity contribution in [2.24, 2.45) is 5.16 Å². The summed E-state index contributed by atoms with van der Waals surface area (Å²) in [6, 6.07) is 2.07. The molecule has 0 unspecified atom stereocenters. The maximum atomic E-state index is 12.3. The third-order valence-corrected chi connectivity index (χ3v) is 4.19. The van der Waals surface area contributed by atoms with Gasteiger partial charge >= 0.3 is 0 Å². The van der Waals surface area contributed by atoms with E-state index in [4.69, 9.17) is 4.84 Å². The molecule has 2 heterocycles. The van der Waals surface area contributed by atoms with Crippen LogP contribution in [0.1, 0.15) is 22.3 Å². The smallest absolute Gasteiger partial charge is 0.280 e. The van der Waals surface area contributed by atoms with Crippen LogP contribution in [0, 0.1) is 6.92 Å². The summed E-state index contributed by atoms with van der Waals surface area (Å²) in [5, 5.41) is 3.92. The minimum absolute atomic E-state index is 0.0946. The highest BCUT2D eigenvalue weighted by molar-refractivity contribution is 6.54. The van der Waals surface area contributed by atoms with Gasteiger partial charge in [0, 0.05) is 25.7 Å². The third-order valence-electron chi connectivity index (χ3n) is 4.19. The van der Waals surface area contributed by atoms with Crippen molar-refractivity contribution in [2.45, 2.75) is 19.9 Å². The first kappa shape index (κ1) is 13.1. The molecule has 2 aliphatic heterocycles. The van der Waals surface area contributed by atoms with E-state index < -0.39 is 0 Å². The Hall–Kier alpha value is -1.88. The van der Waals surface area contributed by atoms with Gasteiger partial charge in [-0.3, -0.25) is 4.79 Å². The number of nitrogens with zero attached hydrogens (tertiary/aromatic N) is 3. The standard InChI is InChI=1S/C15H19N3O2/c1-9-7-11-13(16-20-4)15(19)18(3)14(11)12-8-17(2)6-5-10(9)12/h7H,5-6,8H2,1-4H3/b16-13-. The molecule has 1 amide bonds. The molecular weight excluding hydrogens is 254 g/mol. The van der Waals surface area contributed by atoms with Gasteiger partial charge in [0.2, 0.25) is 0 Å². The Kier molecular flexibility index (Phi) is 3.01. The second-order valence-corrected chi connectivity index (χ2v) is 5.52. The lowest BCUT2D eigenvalue weighted by molar-refractivity contribution is -0.112. The molecule has 0 fully saturated rings. The number of aryl methyl sites for hydroxylation is 1. The second kappa shape index (κ2) is 4.59.